The van der Waals surface area contributed by atoms with Crippen molar-refractivity contribution in [1.82, 2.24) is 14.3 Å². The first-order valence-electron chi connectivity index (χ1n) is 9.89. The number of benzene rings is 2. The number of carbonyl (C=O) groups is 1. The third-order valence-electron chi connectivity index (χ3n) is 5.23. The van der Waals surface area contributed by atoms with Crippen molar-refractivity contribution in [3.05, 3.63) is 74.9 Å². The van der Waals surface area contributed by atoms with Crippen LogP contribution in [0.25, 0.3) is 16.6 Å². The number of halogens is 2. The Hall–Kier alpha value is -3.48. The fraction of sp³-hybridized carbons (Fsp3) is 0.0952. The van der Waals surface area contributed by atoms with Crippen LogP contribution in [-0.4, -0.2) is 30.5 Å². The standard InChI is InChI=1S/C21H15ClFN5O4S2/c22-17-5-6-18(33-17)34(31,32)27-21(30)26-11-1-4-16(14(23)9-11)28-10-25-19-12-7-8-24-15(12)3-2-13(19)20(28)29/h1-6,9-10,24H,7-8H2,(H2,26,27,30). The van der Waals surface area contributed by atoms with Gasteiger partial charge in [-0.1, -0.05) is 11.6 Å². The molecule has 9 nitrogen and oxygen atoms in total. The van der Waals surface area contributed by atoms with Crippen LogP contribution in [0.1, 0.15) is 5.56 Å². The number of nitrogens with zero attached hydrogens (tertiary/aromatic N) is 2. The van der Waals surface area contributed by atoms with Crippen molar-refractivity contribution in [1.29, 1.82) is 0 Å². The summed E-state index contributed by atoms with van der Waals surface area (Å²) in [5.74, 6) is -0.809. The minimum absolute atomic E-state index is 0.0103. The zero-order chi connectivity index (χ0) is 24.0. The van der Waals surface area contributed by atoms with E-state index in [1.54, 1.807) is 12.1 Å². The molecule has 0 fully saturated rings. The van der Waals surface area contributed by atoms with E-state index in [1.807, 2.05) is 4.72 Å². The molecule has 0 bridgehead atoms. The van der Waals surface area contributed by atoms with Crippen LogP contribution in [0.4, 0.5) is 20.6 Å². The summed E-state index contributed by atoms with van der Waals surface area (Å²) >= 11 is 6.52. The van der Waals surface area contributed by atoms with Crippen LogP contribution in [-0.2, 0) is 16.4 Å². The zero-order valence-electron chi connectivity index (χ0n) is 17.1. The molecule has 3 heterocycles. The van der Waals surface area contributed by atoms with Gasteiger partial charge >= 0.3 is 6.03 Å². The summed E-state index contributed by atoms with van der Waals surface area (Å²) in [7, 11) is -4.13. The van der Waals surface area contributed by atoms with Gasteiger partial charge < -0.3 is 10.6 Å². The van der Waals surface area contributed by atoms with Gasteiger partial charge in [0, 0.05) is 23.5 Å². The highest BCUT2D eigenvalue weighted by Gasteiger charge is 2.21. The first kappa shape index (κ1) is 22.3. The van der Waals surface area contributed by atoms with Crippen molar-refractivity contribution < 1.29 is 17.6 Å². The van der Waals surface area contributed by atoms with Gasteiger partial charge in [0.2, 0.25) is 0 Å². The van der Waals surface area contributed by atoms with Gasteiger partial charge in [0.25, 0.3) is 15.6 Å². The predicted octanol–water partition coefficient (Wildman–Crippen LogP) is 3.72. The van der Waals surface area contributed by atoms with Crippen molar-refractivity contribution in [2.45, 2.75) is 10.6 Å². The number of thiophene rings is 1. The van der Waals surface area contributed by atoms with Gasteiger partial charge in [-0.15, -0.1) is 11.3 Å². The third-order valence-corrected chi connectivity index (χ3v) is 8.28. The van der Waals surface area contributed by atoms with E-state index in [4.69, 9.17) is 11.6 Å². The Bertz CT molecular complexity index is 1630. The summed E-state index contributed by atoms with van der Waals surface area (Å²) in [5, 5.41) is 5.85. The van der Waals surface area contributed by atoms with Crippen molar-refractivity contribution in [2.24, 2.45) is 0 Å². The Morgan fingerprint density at radius 3 is 2.76 bits per heavy atom. The highest BCUT2D eigenvalue weighted by molar-refractivity contribution is 7.92. The van der Waals surface area contributed by atoms with Gasteiger partial charge in [-0.25, -0.2) is 27.3 Å². The number of aromatic nitrogens is 2. The molecule has 0 radical (unpaired) electrons. The van der Waals surface area contributed by atoms with Crippen molar-refractivity contribution in [3.63, 3.8) is 0 Å². The van der Waals surface area contributed by atoms with Crippen LogP contribution in [0.5, 0.6) is 0 Å². The quantitative estimate of drug-likeness (QED) is 0.378. The van der Waals surface area contributed by atoms with E-state index < -0.39 is 27.4 Å². The molecule has 5 rings (SSSR count). The minimum Gasteiger partial charge on any atom is -0.384 e. The Morgan fingerprint density at radius 1 is 1.21 bits per heavy atom. The smallest absolute Gasteiger partial charge is 0.333 e. The number of hydrogen-bond donors (Lipinski definition) is 3. The number of urea groups is 1. The van der Waals surface area contributed by atoms with Crippen molar-refractivity contribution in [2.75, 3.05) is 17.2 Å². The normalized spacial score (nSPS) is 12.9. The molecule has 2 aromatic carbocycles. The molecule has 2 amide bonds. The maximum absolute atomic E-state index is 14.9. The predicted molar refractivity (Wildman–Crippen MR) is 128 cm³/mol. The van der Waals surface area contributed by atoms with Gasteiger partial charge in [-0.05, 0) is 48.9 Å². The molecule has 1 aliphatic heterocycles. The van der Waals surface area contributed by atoms with Gasteiger partial charge in [0.05, 0.1) is 20.9 Å². The lowest BCUT2D eigenvalue weighted by Gasteiger charge is -2.12. The molecule has 13 heteroatoms. The van der Waals surface area contributed by atoms with Crippen LogP contribution in [0.2, 0.25) is 4.34 Å². The molecule has 3 N–H and O–H groups in total. The average Bonchev–Trinajstić information content (AvgIpc) is 3.43. The van der Waals surface area contributed by atoms with Gasteiger partial charge in [0.15, 0.2) is 0 Å². The largest absolute Gasteiger partial charge is 0.384 e. The second-order valence-electron chi connectivity index (χ2n) is 7.37. The topological polar surface area (TPSA) is 122 Å². The van der Waals surface area contributed by atoms with Crippen LogP contribution >= 0.6 is 22.9 Å². The van der Waals surface area contributed by atoms with Crippen LogP contribution in [0.15, 0.2) is 57.8 Å². The number of rotatable bonds is 4. The zero-order valence-corrected chi connectivity index (χ0v) is 19.5. The molecule has 0 aliphatic carbocycles. The van der Waals surface area contributed by atoms with Crippen molar-refractivity contribution >= 4 is 61.3 Å². The first-order chi connectivity index (χ1) is 16.2. The monoisotopic (exact) mass is 519 g/mol. The Morgan fingerprint density at radius 2 is 2.03 bits per heavy atom. The maximum atomic E-state index is 14.9. The lowest BCUT2D eigenvalue weighted by Crippen LogP contribution is -2.34. The summed E-state index contributed by atoms with van der Waals surface area (Å²) in [4.78, 5) is 29.5. The average molecular weight is 520 g/mol. The SMILES string of the molecule is O=C(Nc1ccc(-n2cnc3c4c(ccc3c2=O)NCC4)c(F)c1)NS(=O)(=O)c1ccc(Cl)s1. The highest BCUT2D eigenvalue weighted by Crippen LogP contribution is 2.28. The molecule has 174 valence electrons. The molecular weight excluding hydrogens is 505 g/mol. The number of nitrogens with one attached hydrogen (secondary N) is 3. The molecule has 1 aliphatic rings. The van der Waals surface area contributed by atoms with E-state index in [0.717, 1.165) is 46.2 Å². The van der Waals surface area contributed by atoms with E-state index in [0.29, 0.717) is 10.9 Å². The first-order valence-corrected chi connectivity index (χ1v) is 12.6. The van der Waals surface area contributed by atoms with E-state index in [-0.39, 0.29) is 19.9 Å². The highest BCUT2D eigenvalue weighted by atomic mass is 35.5. The molecule has 0 unspecified atom stereocenters. The molecule has 2 aromatic heterocycles. The van der Waals surface area contributed by atoms with E-state index in [1.165, 1.54) is 30.6 Å². The number of carbonyl (C=O) groups excluding carboxylic acids is 1. The molecular formula is C21H15ClFN5O4S2. The van der Waals surface area contributed by atoms with Crippen LogP contribution in [0.3, 0.4) is 0 Å². The number of anilines is 2. The fourth-order valence-corrected chi connectivity index (χ4v) is 6.11. The lowest BCUT2D eigenvalue weighted by atomic mass is 10.1. The Balaban J connectivity index is 1.39. The van der Waals surface area contributed by atoms with Gasteiger partial charge in [-0.3, -0.25) is 9.36 Å². The Labute approximate surface area is 201 Å². The van der Waals surface area contributed by atoms with Crippen LogP contribution in [0, 0.1) is 5.82 Å². The van der Waals surface area contributed by atoms with Gasteiger partial charge in [0.1, 0.15) is 16.4 Å². The minimum atomic E-state index is -4.13. The second-order valence-corrected chi connectivity index (χ2v) is 11.0. The summed E-state index contributed by atoms with van der Waals surface area (Å²) < 4.78 is 42.4. The summed E-state index contributed by atoms with van der Waals surface area (Å²) in [6, 6.07) is 8.64. The number of sulfonamides is 1. The second kappa shape index (κ2) is 8.38. The number of fused-ring (bicyclic) bond motifs is 3. The molecule has 0 atom stereocenters. The molecule has 4 aromatic rings. The lowest BCUT2D eigenvalue weighted by molar-refractivity contribution is 0.256. The van der Waals surface area contributed by atoms with Gasteiger partial charge in [-0.2, -0.15) is 0 Å². The molecule has 0 spiro atoms. The Kier molecular flexibility index (Phi) is 5.50. The molecule has 0 saturated carbocycles. The maximum Gasteiger partial charge on any atom is 0.333 e. The van der Waals surface area contributed by atoms with Crippen LogP contribution < -0.4 is 20.9 Å². The van der Waals surface area contributed by atoms with E-state index in [9.17, 15) is 22.4 Å². The van der Waals surface area contributed by atoms with Crippen molar-refractivity contribution in [3.8, 4) is 5.69 Å². The number of amides is 2. The number of hydrogen-bond acceptors (Lipinski definition) is 7. The summed E-state index contributed by atoms with van der Waals surface area (Å²) in [6.45, 7) is 0.762. The summed E-state index contributed by atoms with van der Waals surface area (Å²) in [5.41, 5.74) is 1.95. The summed E-state index contributed by atoms with van der Waals surface area (Å²) in [6.07, 6.45) is 2.01. The fourth-order valence-electron chi connectivity index (χ4n) is 3.72. The van der Waals surface area contributed by atoms with E-state index >= 15 is 0 Å². The van der Waals surface area contributed by atoms with E-state index in [2.05, 4.69) is 15.6 Å². The third kappa shape index (κ3) is 4.00. The molecule has 0 saturated heterocycles. The molecule has 34 heavy (non-hydrogen) atoms.